The van der Waals surface area contributed by atoms with Crippen molar-refractivity contribution >= 4 is 17.2 Å². The highest BCUT2D eigenvalue weighted by molar-refractivity contribution is 7.80. The van der Waals surface area contributed by atoms with E-state index in [0.29, 0.717) is 24.0 Å². The van der Waals surface area contributed by atoms with Crippen LogP contribution in [0.4, 0.5) is 0 Å². The van der Waals surface area contributed by atoms with E-state index in [1.165, 1.54) is 0 Å². The molecule has 88 valence electrons. The zero-order chi connectivity index (χ0) is 12.1. The number of benzene rings is 1. The van der Waals surface area contributed by atoms with Gasteiger partial charge in [-0.25, -0.2) is 4.98 Å². The molecule has 0 bridgehead atoms. The number of imidazole rings is 1. The van der Waals surface area contributed by atoms with E-state index >= 15 is 0 Å². The molecule has 0 aliphatic rings. The van der Waals surface area contributed by atoms with E-state index in [-0.39, 0.29) is 0 Å². The summed E-state index contributed by atoms with van der Waals surface area (Å²) in [6, 6.07) is 9.67. The van der Waals surface area contributed by atoms with Crippen LogP contribution in [0.2, 0.25) is 0 Å². The van der Waals surface area contributed by atoms with Crippen molar-refractivity contribution in [1.29, 1.82) is 0 Å². The standard InChI is InChI=1S/C12H13N3OS/c13-11(17)12-14-6-7-15(12)8-9-16-10-4-2-1-3-5-10/h1-7H,8-9H2,(H2,13,17). The molecule has 5 heteroatoms. The maximum absolute atomic E-state index is 5.58. The number of ether oxygens (including phenoxy) is 1. The van der Waals surface area contributed by atoms with Crippen LogP contribution in [0.1, 0.15) is 5.82 Å². The molecule has 0 unspecified atom stereocenters. The quantitative estimate of drug-likeness (QED) is 0.815. The predicted octanol–water partition coefficient (Wildman–Crippen LogP) is 1.60. The first kappa shape index (κ1) is 11.6. The Morgan fingerprint density at radius 3 is 2.82 bits per heavy atom. The van der Waals surface area contributed by atoms with E-state index in [0.717, 1.165) is 5.75 Å². The van der Waals surface area contributed by atoms with E-state index in [4.69, 9.17) is 22.7 Å². The van der Waals surface area contributed by atoms with Crippen molar-refractivity contribution in [3.05, 3.63) is 48.5 Å². The van der Waals surface area contributed by atoms with Crippen molar-refractivity contribution in [1.82, 2.24) is 9.55 Å². The lowest BCUT2D eigenvalue weighted by atomic mass is 10.3. The van der Waals surface area contributed by atoms with Gasteiger partial charge in [-0.2, -0.15) is 0 Å². The highest BCUT2D eigenvalue weighted by Crippen LogP contribution is 2.08. The molecule has 4 nitrogen and oxygen atoms in total. The number of hydrogen-bond acceptors (Lipinski definition) is 3. The maximum Gasteiger partial charge on any atom is 0.167 e. The van der Waals surface area contributed by atoms with E-state index in [1.54, 1.807) is 6.20 Å². The molecule has 2 aromatic rings. The third-order valence-corrected chi connectivity index (χ3v) is 2.46. The smallest absolute Gasteiger partial charge is 0.167 e. The van der Waals surface area contributed by atoms with E-state index in [1.807, 2.05) is 41.1 Å². The van der Waals surface area contributed by atoms with Crippen molar-refractivity contribution < 1.29 is 4.74 Å². The lowest BCUT2D eigenvalue weighted by Gasteiger charge is -2.08. The Morgan fingerprint density at radius 2 is 2.12 bits per heavy atom. The van der Waals surface area contributed by atoms with Gasteiger partial charge in [0.25, 0.3) is 0 Å². The number of rotatable bonds is 5. The summed E-state index contributed by atoms with van der Waals surface area (Å²) in [5, 5.41) is 0. The Balaban J connectivity index is 1.90. The second-order valence-corrected chi connectivity index (χ2v) is 3.91. The van der Waals surface area contributed by atoms with E-state index < -0.39 is 0 Å². The Morgan fingerprint density at radius 1 is 1.35 bits per heavy atom. The van der Waals surface area contributed by atoms with Crippen LogP contribution in [0.5, 0.6) is 5.75 Å². The Labute approximate surface area is 105 Å². The molecule has 2 N–H and O–H groups in total. The summed E-state index contributed by atoms with van der Waals surface area (Å²) in [4.78, 5) is 4.38. The van der Waals surface area contributed by atoms with Gasteiger partial charge < -0.3 is 15.0 Å². The second-order valence-electron chi connectivity index (χ2n) is 3.47. The molecule has 0 atom stereocenters. The molecule has 0 spiro atoms. The van der Waals surface area contributed by atoms with Gasteiger partial charge in [-0.1, -0.05) is 30.4 Å². The third-order valence-electron chi connectivity index (χ3n) is 2.28. The summed E-state index contributed by atoms with van der Waals surface area (Å²) >= 11 is 4.90. The molecular formula is C12H13N3OS. The largest absolute Gasteiger partial charge is 0.492 e. The van der Waals surface area contributed by atoms with Crippen molar-refractivity contribution in [3.8, 4) is 5.75 Å². The first-order valence-electron chi connectivity index (χ1n) is 5.26. The summed E-state index contributed by atoms with van der Waals surface area (Å²) in [5.41, 5.74) is 5.55. The van der Waals surface area contributed by atoms with Crippen molar-refractivity contribution in [3.63, 3.8) is 0 Å². The molecule has 0 saturated heterocycles. The number of nitrogens with two attached hydrogens (primary N) is 1. The van der Waals surface area contributed by atoms with E-state index in [2.05, 4.69) is 4.98 Å². The van der Waals surface area contributed by atoms with Crippen LogP contribution in [0.25, 0.3) is 0 Å². The van der Waals surface area contributed by atoms with E-state index in [9.17, 15) is 0 Å². The topological polar surface area (TPSA) is 53.1 Å². The average molecular weight is 247 g/mol. The predicted molar refractivity (Wildman–Crippen MR) is 70.1 cm³/mol. The minimum atomic E-state index is 0.301. The van der Waals surface area contributed by atoms with Crippen LogP contribution in [-0.2, 0) is 6.54 Å². The van der Waals surface area contributed by atoms with Gasteiger partial charge in [0.1, 0.15) is 17.3 Å². The molecular weight excluding hydrogens is 234 g/mol. The number of thiocarbonyl (C=S) groups is 1. The average Bonchev–Trinajstić information content (AvgIpc) is 2.79. The molecule has 0 radical (unpaired) electrons. The SMILES string of the molecule is NC(=S)c1nccn1CCOc1ccccc1. The molecule has 1 heterocycles. The minimum Gasteiger partial charge on any atom is -0.492 e. The zero-order valence-corrected chi connectivity index (χ0v) is 10.1. The summed E-state index contributed by atoms with van der Waals surface area (Å²) in [7, 11) is 0. The molecule has 0 aliphatic carbocycles. The fourth-order valence-electron chi connectivity index (χ4n) is 1.49. The fraction of sp³-hybridized carbons (Fsp3) is 0.167. The zero-order valence-electron chi connectivity index (χ0n) is 9.24. The molecule has 0 aliphatic heterocycles. The van der Waals surface area contributed by atoms with Gasteiger partial charge >= 0.3 is 0 Å². The Hall–Kier alpha value is -1.88. The van der Waals surface area contributed by atoms with Gasteiger partial charge in [0.2, 0.25) is 0 Å². The summed E-state index contributed by atoms with van der Waals surface area (Å²) < 4.78 is 7.46. The number of nitrogens with zero attached hydrogens (tertiary/aromatic N) is 2. The van der Waals surface area contributed by atoms with Gasteiger partial charge in [-0.3, -0.25) is 0 Å². The molecule has 1 aromatic heterocycles. The molecule has 0 amide bonds. The van der Waals surface area contributed by atoms with Gasteiger partial charge in [-0.15, -0.1) is 0 Å². The highest BCUT2D eigenvalue weighted by atomic mass is 32.1. The molecule has 17 heavy (non-hydrogen) atoms. The fourth-order valence-corrected chi connectivity index (χ4v) is 1.66. The molecule has 2 rings (SSSR count). The number of hydrogen-bond donors (Lipinski definition) is 1. The molecule has 0 fully saturated rings. The van der Waals surface area contributed by atoms with Crippen LogP contribution >= 0.6 is 12.2 Å². The summed E-state index contributed by atoms with van der Waals surface area (Å²) in [6.07, 6.45) is 3.51. The first-order valence-corrected chi connectivity index (χ1v) is 5.67. The Kier molecular flexibility index (Phi) is 3.72. The first-order chi connectivity index (χ1) is 8.27. The minimum absolute atomic E-state index is 0.301. The van der Waals surface area contributed by atoms with Crippen LogP contribution < -0.4 is 10.5 Å². The second kappa shape index (κ2) is 5.45. The van der Waals surface area contributed by atoms with Gasteiger partial charge in [0, 0.05) is 12.4 Å². The summed E-state index contributed by atoms with van der Waals surface area (Å²) in [6.45, 7) is 1.22. The number of aromatic nitrogens is 2. The monoisotopic (exact) mass is 247 g/mol. The van der Waals surface area contributed by atoms with Crippen LogP contribution in [0, 0.1) is 0 Å². The normalized spacial score (nSPS) is 10.1. The highest BCUT2D eigenvalue weighted by Gasteiger charge is 2.04. The lowest BCUT2D eigenvalue weighted by molar-refractivity contribution is 0.298. The van der Waals surface area contributed by atoms with Crippen LogP contribution in [-0.4, -0.2) is 21.1 Å². The van der Waals surface area contributed by atoms with Crippen molar-refractivity contribution in [2.24, 2.45) is 5.73 Å². The molecule has 1 aromatic carbocycles. The van der Waals surface area contributed by atoms with Crippen molar-refractivity contribution in [2.45, 2.75) is 6.54 Å². The number of para-hydroxylation sites is 1. The van der Waals surface area contributed by atoms with Gasteiger partial charge in [-0.05, 0) is 12.1 Å². The maximum atomic E-state index is 5.58. The van der Waals surface area contributed by atoms with Crippen molar-refractivity contribution in [2.75, 3.05) is 6.61 Å². The van der Waals surface area contributed by atoms with Crippen LogP contribution in [0.15, 0.2) is 42.7 Å². The summed E-state index contributed by atoms with van der Waals surface area (Å²) in [5.74, 6) is 1.47. The molecule has 0 saturated carbocycles. The Bertz CT molecular complexity index is 495. The van der Waals surface area contributed by atoms with Gasteiger partial charge in [0.15, 0.2) is 5.82 Å². The third kappa shape index (κ3) is 3.04. The van der Waals surface area contributed by atoms with Crippen LogP contribution in [0.3, 0.4) is 0 Å². The lowest BCUT2D eigenvalue weighted by Crippen LogP contribution is -2.19. The van der Waals surface area contributed by atoms with Gasteiger partial charge in [0.05, 0.1) is 6.54 Å².